The number of aryl methyl sites for hydroxylation is 1. The molecule has 0 aliphatic heterocycles. The Hall–Kier alpha value is -2.06. The van der Waals surface area contributed by atoms with E-state index >= 15 is 0 Å². The first kappa shape index (κ1) is 21.2. The lowest BCUT2D eigenvalue weighted by Crippen LogP contribution is -2.31. The normalized spacial score (nSPS) is 10.6. The lowest BCUT2D eigenvalue weighted by molar-refractivity contribution is -0.125. The number of nitrogens with zero attached hydrogens (tertiary/aromatic N) is 2. The Bertz CT molecular complexity index is 850. The van der Waals surface area contributed by atoms with E-state index in [0.29, 0.717) is 22.8 Å². The monoisotopic (exact) mass is 451 g/mol. The van der Waals surface area contributed by atoms with Gasteiger partial charge in [0.1, 0.15) is 6.42 Å². The summed E-state index contributed by atoms with van der Waals surface area (Å²) in [5.41, 5.74) is 7.01. The Labute approximate surface area is 170 Å². The summed E-state index contributed by atoms with van der Waals surface area (Å²) in [6, 6.07) is 5.32. The number of benzene rings is 1. The van der Waals surface area contributed by atoms with Gasteiger partial charge in [-0.25, -0.2) is 4.98 Å². The van der Waals surface area contributed by atoms with E-state index in [1.54, 1.807) is 18.3 Å². The van der Waals surface area contributed by atoms with Crippen molar-refractivity contribution in [1.82, 2.24) is 4.98 Å². The van der Waals surface area contributed by atoms with E-state index < -0.39 is 18.2 Å². The summed E-state index contributed by atoms with van der Waals surface area (Å²) in [5.74, 6) is -1.28. The third-order valence-corrected chi connectivity index (χ3v) is 5.39. The van der Waals surface area contributed by atoms with Crippen molar-refractivity contribution < 1.29 is 14.4 Å². The summed E-state index contributed by atoms with van der Waals surface area (Å²) in [7, 11) is 0. The molecule has 2 aromatic rings. The summed E-state index contributed by atoms with van der Waals surface area (Å²) >= 11 is 4.57. The molecule has 1 heterocycles. The number of ketones is 1. The molecule has 0 bridgehead atoms. The highest BCUT2D eigenvalue weighted by Crippen LogP contribution is 2.35. The second kappa shape index (κ2) is 9.75. The van der Waals surface area contributed by atoms with E-state index in [1.807, 2.05) is 13.0 Å². The van der Waals surface area contributed by atoms with Crippen molar-refractivity contribution in [2.24, 2.45) is 5.73 Å². The number of carbonyl (C=O) groups excluding carboxylic acids is 3. The highest BCUT2D eigenvalue weighted by molar-refractivity contribution is 9.11. The van der Waals surface area contributed by atoms with Gasteiger partial charge in [0, 0.05) is 12.0 Å². The van der Waals surface area contributed by atoms with Gasteiger partial charge in [-0.1, -0.05) is 42.7 Å². The van der Waals surface area contributed by atoms with Crippen LogP contribution >= 0.6 is 27.3 Å². The van der Waals surface area contributed by atoms with Crippen LogP contribution in [0.3, 0.4) is 0 Å². The fourth-order valence-electron chi connectivity index (χ4n) is 2.66. The van der Waals surface area contributed by atoms with Gasteiger partial charge < -0.3 is 5.73 Å². The maximum absolute atomic E-state index is 12.8. The maximum Gasteiger partial charge on any atom is 0.242 e. The van der Waals surface area contributed by atoms with Crippen molar-refractivity contribution in [3.05, 3.63) is 39.3 Å². The van der Waals surface area contributed by atoms with Crippen LogP contribution in [0.5, 0.6) is 0 Å². The molecule has 1 aromatic carbocycles. The van der Waals surface area contributed by atoms with Crippen molar-refractivity contribution in [3.8, 4) is 0 Å². The van der Waals surface area contributed by atoms with Crippen LogP contribution in [0.15, 0.2) is 28.2 Å². The van der Waals surface area contributed by atoms with E-state index in [-0.39, 0.29) is 5.78 Å². The highest BCUT2D eigenvalue weighted by Gasteiger charge is 2.26. The number of anilines is 2. The third-order valence-electron chi connectivity index (χ3n) is 3.93. The number of primary amides is 1. The minimum atomic E-state index is -0.733. The Morgan fingerprint density at radius 2 is 2.00 bits per heavy atom. The zero-order valence-corrected chi connectivity index (χ0v) is 17.7. The molecular weight excluding hydrogens is 430 g/mol. The Balaban J connectivity index is 2.49. The molecular formula is C19H22BrN3O3S. The maximum atomic E-state index is 12.8. The van der Waals surface area contributed by atoms with Gasteiger partial charge in [0.2, 0.25) is 11.8 Å². The van der Waals surface area contributed by atoms with Crippen LogP contribution in [-0.2, 0) is 9.59 Å². The van der Waals surface area contributed by atoms with Gasteiger partial charge in [0.25, 0.3) is 0 Å². The first-order chi connectivity index (χ1) is 12.8. The average molecular weight is 452 g/mol. The fourth-order valence-corrected chi connectivity index (χ4v) is 3.87. The lowest BCUT2D eigenvalue weighted by Gasteiger charge is -2.22. The van der Waals surface area contributed by atoms with Crippen molar-refractivity contribution in [1.29, 1.82) is 0 Å². The number of carbonyl (C=O) groups is 3. The minimum absolute atomic E-state index is 0.0327. The van der Waals surface area contributed by atoms with Gasteiger partial charge in [-0.05, 0) is 41.4 Å². The summed E-state index contributed by atoms with van der Waals surface area (Å²) in [5, 5.41) is 0.375. The highest BCUT2D eigenvalue weighted by atomic mass is 79.9. The molecule has 27 heavy (non-hydrogen) atoms. The molecule has 2 rings (SSSR count). The molecule has 0 fully saturated rings. The van der Waals surface area contributed by atoms with Crippen LogP contribution in [0.2, 0.25) is 0 Å². The molecule has 0 spiro atoms. The number of aromatic nitrogens is 1. The second-order valence-electron chi connectivity index (χ2n) is 6.22. The number of hydrogen-bond donors (Lipinski definition) is 1. The topological polar surface area (TPSA) is 93.4 Å². The summed E-state index contributed by atoms with van der Waals surface area (Å²) in [6.45, 7) is 3.97. The van der Waals surface area contributed by atoms with E-state index in [9.17, 15) is 14.4 Å². The standard InChI is InChI=1S/C19H22BrN3O3S/c1-3-4-5-6-15(24)13-9-12(2)7-8-14(13)23(18(26)10-17(21)25)19-22-11-16(20)27-19/h7-9,11H,3-6,10H2,1-2H3,(H2,21,25). The molecule has 0 aliphatic rings. The number of nitrogens with two attached hydrogens (primary N) is 1. The van der Waals surface area contributed by atoms with E-state index in [2.05, 4.69) is 27.8 Å². The van der Waals surface area contributed by atoms with Crippen molar-refractivity contribution >= 4 is 55.7 Å². The van der Waals surface area contributed by atoms with Gasteiger partial charge in [-0.3, -0.25) is 19.3 Å². The molecule has 8 heteroatoms. The van der Waals surface area contributed by atoms with Crippen LogP contribution in [0, 0.1) is 6.92 Å². The zero-order valence-electron chi connectivity index (χ0n) is 15.3. The summed E-state index contributed by atoms with van der Waals surface area (Å²) < 4.78 is 0.734. The van der Waals surface area contributed by atoms with Gasteiger partial charge in [0.15, 0.2) is 10.9 Å². The molecule has 0 unspecified atom stereocenters. The molecule has 0 radical (unpaired) electrons. The van der Waals surface area contributed by atoms with Gasteiger partial charge in [-0.15, -0.1) is 0 Å². The van der Waals surface area contributed by atoms with Crippen LogP contribution in [-0.4, -0.2) is 22.6 Å². The zero-order chi connectivity index (χ0) is 20.0. The predicted molar refractivity (Wildman–Crippen MR) is 110 cm³/mol. The van der Waals surface area contributed by atoms with Crippen molar-refractivity contribution in [3.63, 3.8) is 0 Å². The largest absolute Gasteiger partial charge is 0.369 e. The smallest absolute Gasteiger partial charge is 0.242 e. The summed E-state index contributed by atoms with van der Waals surface area (Å²) in [6.07, 6.45) is 4.29. The van der Waals surface area contributed by atoms with Crippen molar-refractivity contribution in [2.45, 2.75) is 46.0 Å². The lowest BCUT2D eigenvalue weighted by atomic mass is 10.00. The van der Waals surface area contributed by atoms with Crippen LogP contribution in [0.1, 0.15) is 54.9 Å². The van der Waals surface area contributed by atoms with Crippen LogP contribution in [0.25, 0.3) is 0 Å². The number of unbranched alkanes of at least 4 members (excludes halogenated alkanes) is 2. The minimum Gasteiger partial charge on any atom is -0.369 e. The fraction of sp³-hybridized carbons (Fsp3) is 0.368. The van der Waals surface area contributed by atoms with E-state index in [4.69, 9.17) is 5.73 Å². The molecule has 0 atom stereocenters. The number of thiazole rings is 1. The van der Waals surface area contributed by atoms with Gasteiger partial charge >= 0.3 is 0 Å². The van der Waals surface area contributed by atoms with Gasteiger partial charge in [0.05, 0.1) is 15.7 Å². The number of Topliss-reactive ketones (excluding diaryl/α,β-unsaturated/α-hetero) is 1. The van der Waals surface area contributed by atoms with E-state index in [1.165, 1.54) is 16.2 Å². The number of hydrogen-bond acceptors (Lipinski definition) is 5. The Morgan fingerprint density at radius 3 is 2.59 bits per heavy atom. The number of amides is 2. The molecule has 2 N–H and O–H groups in total. The first-order valence-electron chi connectivity index (χ1n) is 8.70. The van der Waals surface area contributed by atoms with Crippen LogP contribution < -0.4 is 10.6 Å². The molecule has 0 aliphatic carbocycles. The third kappa shape index (κ3) is 5.71. The molecule has 2 amide bonds. The first-order valence-corrected chi connectivity index (χ1v) is 10.3. The second-order valence-corrected chi connectivity index (χ2v) is 8.61. The van der Waals surface area contributed by atoms with Crippen molar-refractivity contribution in [2.75, 3.05) is 4.90 Å². The Kier molecular flexibility index (Phi) is 7.67. The molecule has 1 aromatic heterocycles. The average Bonchev–Trinajstić information content (AvgIpc) is 3.01. The quantitative estimate of drug-likeness (QED) is 0.344. The Morgan fingerprint density at radius 1 is 1.26 bits per heavy atom. The molecule has 144 valence electrons. The SMILES string of the molecule is CCCCCC(=O)c1cc(C)ccc1N(C(=O)CC(N)=O)c1ncc(Br)s1. The van der Waals surface area contributed by atoms with Crippen LogP contribution in [0.4, 0.5) is 10.8 Å². The predicted octanol–water partition coefficient (Wildman–Crippen LogP) is 4.52. The molecule has 0 saturated heterocycles. The van der Waals surface area contributed by atoms with Gasteiger partial charge in [-0.2, -0.15) is 0 Å². The van der Waals surface area contributed by atoms with E-state index in [0.717, 1.165) is 28.6 Å². The molecule has 6 nitrogen and oxygen atoms in total. The number of halogens is 1. The number of rotatable bonds is 9. The summed E-state index contributed by atoms with van der Waals surface area (Å²) in [4.78, 5) is 42.4. The molecule has 0 saturated carbocycles.